The Bertz CT molecular complexity index is 467. The highest BCUT2D eigenvalue weighted by molar-refractivity contribution is 7.92. The quantitative estimate of drug-likeness (QED) is 0.853. The molecule has 1 aliphatic rings. The molecule has 0 aliphatic carbocycles. The fourth-order valence-corrected chi connectivity index (χ4v) is 3.67. The molecule has 1 fully saturated rings. The fourth-order valence-electron chi connectivity index (χ4n) is 1.92. The summed E-state index contributed by atoms with van der Waals surface area (Å²) in [6, 6.07) is 5.22. The number of hydrogen-bond acceptors (Lipinski definition) is 3. The van der Waals surface area contributed by atoms with Crippen molar-refractivity contribution in [1.29, 1.82) is 0 Å². The highest BCUT2D eigenvalue weighted by Crippen LogP contribution is 2.21. The monoisotopic (exact) mass is 243 g/mol. The summed E-state index contributed by atoms with van der Waals surface area (Å²) < 4.78 is 37.3. The van der Waals surface area contributed by atoms with Gasteiger partial charge in [0.05, 0.1) is 10.1 Å². The van der Waals surface area contributed by atoms with E-state index in [1.54, 1.807) is 0 Å². The summed E-state index contributed by atoms with van der Waals surface area (Å²) >= 11 is 0. The number of nitrogens with one attached hydrogen (secondary N) is 1. The molecule has 16 heavy (non-hydrogen) atoms. The normalized spacial score (nSPS) is 21.9. The molecule has 1 N–H and O–H groups in total. The third kappa shape index (κ3) is 2.25. The summed E-state index contributed by atoms with van der Waals surface area (Å²) in [5.74, 6) is -0.509. The van der Waals surface area contributed by atoms with Crippen molar-refractivity contribution in [1.82, 2.24) is 5.32 Å². The molecule has 1 aromatic rings. The Morgan fingerprint density at radius 3 is 2.81 bits per heavy atom. The molecule has 1 aromatic carbocycles. The summed E-state index contributed by atoms with van der Waals surface area (Å²) in [7, 11) is -3.39. The van der Waals surface area contributed by atoms with Crippen LogP contribution in [-0.2, 0) is 9.84 Å². The summed E-state index contributed by atoms with van der Waals surface area (Å²) in [6.45, 7) is 1.31. The zero-order valence-electron chi connectivity index (χ0n) is 8.82. The van der Waals surface area contributed by atoms with E-state index in [4.69, 9.17) is 0 Å². The van der Waals surface area contributed by atoms with E-state index in [0.29, 0.717) is 13.0 Å². The predicted octanol–water partition coefficient (Wildman–Crippen LogP) is 1.35. The average molecular weight is 243 g/mol. The van der Waals surface area contributed by atoms with Crippen LogP contribution in [0.2, 0.25) is 0 Å². The number of rotatable bonds is 2. The fraction of sp³-hybridized carbons (Fsp3) is 0.455. The highest BCUT2D eigenvalue weighted by Gasteiger charge is 2.28. The van der Waals surface area contributed by atoms with E-state index in [1.807, 2.05) is 0 Å². The molecule has 1 unspecified atom stereocenters. The third-order valence-corrected chi connectivity index (χ3v) is 5.01. The van der Waals surface area contributed by atoms with E-state index in [-0.39, 0.29) is 4.90 Å². The van der Waals surface area contributed by atoms with Crippen molar-refractivity contribution in [2.24, 2.45) is 0 Å². The van der Waals surface area contributed by atoms with E-state index in [2.05, 4.69) is 5.32 Å². The van der Waals surface area contributed by atoms with Crippen LogP contribution in [0.15, 0.2) is 29.2 Å². The zero-order valence-corrected chi connectivity index (χ0v) is 9.63. The van der Waals surface area contributed by atoms with Gasteiger partial charge in [-0.3, -0.25) is 0 Å². The number of sulfone groups is 1. The van der Waals surface area contributed by atoms with Crippen LogP contribution >= 0.6 is 0 Å². The van der Waals surface area contributed by atoms with E-state index in [0.717, 1.165) is 19.0 Å². The molecule has 1 atom stereocenters. The molecule has 1 heterocycles. The molecule has 0 saturated carbocycles. The largest absolute Gasteiger partial charge is 0.315 e. The lowest BCUT2D eigenvalue weighted by Gasteiger charge is -2.22. The Kier molecular flexibility index (Phi) is 3.25. The smallest absolute Gasteiger partial charge is 0.182 e. The summed E-state index contributed by atoms with van der Waals surface area (Å²) in [4.78, 5) is 0.0844. The second-order valence-corrected chi connectivity index (χ2v) is 6.20. The lowest BCUT2D eigenvalue weighted by molar-refractivity contribution is 0.496. The van der Waals surface area contributed by atoms with E-state index < -0.39 is 20.9 Å². The van der Waals surface area contributed by atoms with E-state index in [1.165, 1.54) is 18.2 Å². The second kappa shape index (κ2) is 4.51. The number of halogens is 1. The summed E-state index contributed by atoms with van der Waals surface area (Å²) in [5, 5.41) is 2.62. The van der Waals surface area contributed by atoms with Crippen molar-refractivity contribution < 1.29 is 12.8 Å². The van der Waals surface area contributed by atoms with Gasteiger partial charge in [-0.25, -0.2) is 12.8 Å². The maximum absolute atomic E-state index is 13.0. The number of piperidine rings is 1. The molecule has 1 saturated heterocycles. The Labute approximate surface area is 94.6 Å². The van der Waals surface area contributed by atoms with Gasteiger partial charge in [0.1, 0.15) is 5.82 Å². The maximum atomic E-state index is 13.0. The topological polar surface area (TPSA) is 46.2 Å². The van der Waals surface area contributed by atoms with Crippen LogP contribution in [0.3, 0.4) is 0 Å². The molecule has 0 spiro atoms. The zero-order chi connectivity index (χ0) is 11.6. The van der Waals surface area contributed by atoms with Crippen molar-refractivity contribution in [3.63, 3.8) is 0 Å². The van der Waals surface area contributed by atoms with Crippen LogP contribution in [0, 0.1) is 5.82 Å². The Balaban J connectivity index is 2.30. The second-order valence-electron chi connectivity index (χ2n) is 3.97. The first-order valence-electron chi connectivity index (χ1n) is 5.31. The van der Waals surface area contributed by atoms with Gasteiger partial charge in [0.2, 0.25) is 0 Å². The molecule has 0 amide bonds. The van der Waals surface area contributed by atoms with Crippen molar-refractivity contribution in [3.8, 4) is 0 Å². The molecule has 5 heteroatoms. The first kappa shape index (κ1) is 11.5. The van der Waals surface area contributed by atoms with Gasteiger partial charge >= 0.3 is 0 Å². The van der Waals surface area contributed by atoms with E-state index in [9.17, 15) is 12.8 Å². The van der Waals surface area contributed by atoms with Crippen LogP contribution in [0.1, 0.15) is 12.8 Å². The van der Waals surface area contributed by atoms with E-state index >= 15 is 0 Å². The Hall–Kier alpha value is -0.940. The molecule has 0 aromatic heterocycles. The van der Waals surface area contributed by atoms with Crippen LogP contribution in [-0.4, -0.2) is 26.8 Å². The standard InChI is InChI=1S/C11H14FNO2S/c12-9-3-1-4-10(7-9)16(14,15)11-5-2-6-13-8-11/h1,3-4,7,11,13H,2,5-6,8H2. The third-order valence-electron chi connectivity index (χ3n) is 2.82. The highest BCUT2D eigenvalue weighted by atomic mass is 32.2. The van der Waals surface area contributed by atoms with Gasteiger partial charge in [-0.05, 0) is 37.6 Å². The molecular weight excluding hydrogens is 229 g/mol. The number of benzene rings is 1. The van der Waals surface area contributed by atoms with Gasteiger partial charge in [-0.15, -0.1) is 0 Å². The van der Waals surface area contributed by atoms with Crippen LogP contribution < -0.4 is 5.32 Å². The molecular formula is C11H14FNO2S. The molecule has 0 radical (unpaired) electrons. The molecule has 3 nitrogen and oxygen atoms in total. The van der Waals surface area contributed by atoms with Crippen LogP contribution in [0.4, 0.5) is 4.39 Å². The first-order chi connectivity index (χ1) is 7.60. The van der Waals surface area contributed by atoms with Crippen molar-refractivity contribution in [2.45, 2.75) is 23.0 Å². The lowest BCUT2D eigenvalue weighted by Crippen LogP contribution is -2.38. The summed E-state index contributed by atoms with van der Waals surface area (Å²) in [6.07, 6.45) is 1.49. The first-order valence-corrected chi connectivity index (χ1v) is 6.85. The summed E-state index contributed by atoms with van der Waals surface area (Å²) in [5.41, 5.74) is 0. The average Bonchev–Trinajstić information content (AvgIpc) is 2.30. The molecule has 0 bridgehead atoms. The van der Waals surface area contributed by atoms with Crippen LogP contribution in [0.5, 0.6) is 0 Å². The SMILES string of the molecule is O=S(=O)(c1cccc(F)c1)C1CCCNC1. The minimum atomic E-state index is -3.39. The van der Waals surface area contributed by atoms with Crippen molar-refractivity contribution >= 4 is 9.84 Å². The lowest BCUT2D eigenvalue weighted by atomic mass is 10.2. The molecule has 2 rings (SSSR count). The van der Waals surface area contributed by atoms with Crippen LogP contribution in [0.25, 0.3) is 0 Å². The molecule has 88 valence electrons. The molecule has 1 aliphatic heterocycles. The Morgan fingerprint density at radius 2 is 2.19 bits per heavy atom. The van der Waals surface area contributed by atoms with Gasteiger partial charge in [0.15, 0.2) is 9.84 Å². The van der Waals surface area contributed by atoms with Gasteiger partial charge in [-0.2, -0.15) is 0 Å². The minimum Gasteiger partial charge on any atom is -0.315 e. The predicted molar refractivity (Wildman–Crippen MR) is 59.5 cm³/mol. The van der Waals surface area contributed by atoms with Gasteiger partial charge in [0.25, 0.3) is 0 Å². The van der Waals surface area contributed by atoms with Crippen molar-refractivity contribution in [2.75, 3.05) is 13.1 Å². The Morgan fingerprint density at radius 1 is 1.38 bits per heavy atom. The number of hydrogen-bond donors (Lipinski definition) is 1. The van der Waals surface area contributed by atoms with Gasteiger partial charge in [-0.1, -0.05) is 6.07 Å². The van der Waals surface area contributed by atoms with Gasteiger partial charge in [0, 0.05) is 6.54 Å². The minimum absolute atomic E-state index is 0.0844. The van der Waals surface area contributed by atoms with Gasteiger partial charge < -0.3 is 5.32 Å². The van der Waals surface area contributed by atoms with Crippen molar-refractivity contribution in [3.05, 3.63) is 30.1 Å². The maximum Gasteiger partial charge on any atom is 0.182 e.